The molecule has 1 heterocycles. The number of aliphatic hydroxyl groups is 1. The SMILES string of the molecule is CC(C)[C@@H](CO)NC(=O)C=Cc1ccc(Br)s1. The zero-order valence-corrected chi connectivity index (χ0v) is 12.2. The van der Waals surface area contributed by atoms with Crippen LogP contribution in [0.4, 0.5) is 0 Å². The minimum atomic E-state index is -0.192. The predicted octanol–water partition coefficient (Wildman–Crippen LogP) is 2.66. The lowest BCUT2D eigenvalue weighted by molar-refractivity contribution is -0.117. The minimum Gasteiger partial charge on any atom is -0.394 e. The number of hydrogen-bond acceptors (Lipinski definition) is 3. The van der Waals surface area contributed by atoms with E-state index >= 15 is 0 Å². The first kappa shape index (κ1) is 14.4. The van der Waals surface area contributed by atoms with Gasteiger partial charge in [0.25, 0.3) is 0 Å². The number of amides is 1. The summed E-state index contributed by atoms with van der Waals surface area (Å²) in [4.78, 5) is 12.6. The van der Waals surface area contributed by atoms with Crippen LogP contribution in [-0.4, -0.2) is 23.7 Å². The molecule has 0 radical (unpaired) electrons. The van der Waals surface area contributed by atoms with Gasteiger partial charge in [0, 0.05) is 11.0 Å². The van der Waals surface area contributed by atoms with Crippen molar-refractivity contribution in [1.82, 2.24) is 5.32 Å². The third-order valence-corrected chi connectivity index (χ3v) is 3.91. The van der Waals surface area contributed by atoms with Gasteiger partial charge in [-0.3, -0.25) is 4.79 Å². The van der Waals surface area contributed by atoms with E-state index in [0.717, 1.165) is 8.66 Å². The van der Waals surface area contributed by atoms with Crippen LogP contribution in [0.5, 0.6) is 0 Å². The van der Waals surface area contributed by atoms with Crippen molar-refractivity contribution < 1.29 is 9.90 Å². The van der Waals surface area contributed by atoms with Gasteiger partial charge < -0.3 is 10.4 Å². The molecule has 5 heteroatoms. The Labute approximate surface area is 114 Å². The van der Waals surface area contributed by atoms with Gasteiger partial charge in [-0.15, -0.1) is 11.3 Å². The van der Waals surface area contributed by atoms with Crippen LogP contribution in [0.2, 0.25) is 0 Å². The topological polar surface area (TPSA) is 49.3 Å². The molecule has 0 aliphatic heterocycles. The molecule has 1 aromatic rings. The molecule has 0 bridgehead atoms. The van der Waals surface area contributed by atoms with Crippen molar-refractivity contribution in [2.45, 2.75) is 19.9 Å². The highest BCUT2D eigenvalue weighted by Crippen LogP contribution is 2.22. The first-order valence-corrected chi connectivity index (χ1v) is 6.98. The van der Waals surface area contributed by atoms with E-state index in [0.29, 0.717) is 0 Å². The number of nitrogens with one attached hydrogen (secondary N) is 1. The highest BCUT2D eigenvalue weighted by molar-refractivity contribution is 9.11. The summed E-state index contributed by atoms with van der Waals surface area (Å²) in [5, 5.41) is 11.9. The van der Waals surface area contributed by atoms with Crippen molar-refractivity contribution in [3.8, 4) is 0 Å². The van der Waals surface area contributed by atoms with Crippen molar-refractivity contribution in [2.75, 3.05) is 6.61 Å². The fourth-order valence-electron chi connectivity index (χ4n) is 1.23. The molecule has 94 valence electrons. The second kappa shape index (κ2) is 6.93. The average molecular weight is 318 g/mol. The van der Waals surface area contributed by atoms with Crippen LogP contribution in [0, 0.1) is 5.92 Å². The zero-order chi connectivity index (χ0) is 12.8. The maximum atomic E-state index is 11.6. The molecule has 17 heavy (non-hydrogen) atoms. The summed E-state index contributed by atoms with van der Waals surface area (Å²) in [6.45, 7) is 3.88. The van der Waals surface area contributed by atoms with E-state index in [-0.39, 0.29) is 24.5 Å². The Morgan fingerprint density at radius 1 is 1.59 bits per heavy atom. The van der Waals surface area contributed by atoms with Crippen LogP contribution >= 0.6 is 27.3 Å². The molecule has 2 N–H and O–H groups in total. The largest absolute Gasteiger partial charge is 0.394 e. The van der Waals surface area contributed by atoms with Gasteiger partial charge in [0.2, 0.25) is 5.91 Å². The van der Waals surface area contributed by atoms with Crippen LogP contribution in [0.1, 0.15) is 18.7 Å². The molecule has 3 nitrogen and oxygen atoms in total. The molecule has 1 atom stereocenters. The van der Waals surface area contributed by atoms with Crippen LogP contribution in [0.25, 0.3) is 6.08 Å². The van der Waals surface area contributed by atoms with E-state index in [1.807, 2.05) is 26.0 Å². The number of rotatable bonds is 5. The van der Waals surface area contributed by atoms with Gasteiger partial charge in [-0.25, -0.2) is 0 Å². The fourth-order valence-corrected chi connectivity index (χ4v) is 2.56. The summed E-state index contributed by atoms with van der Waals surface area (Å²) in [6.07, 6.45) is 3.25. The monoisotopic (exact) mass is 317 g/mol. The molecule has 1 aromatic heterocycles. The standard InChI is InChI=1S/C12H16BrNO2S/c1-8(2)10(7-15)14-12(16)6-4-9-3-5-11(13)17-9/h3-6,8,10,15H,7H2,1-2H3,(H,14,16)/t10-/m1/s1. The molecule has 1 amide bonds. The Bertz CT molecular complexity index is 401. The van der Waals surface area contributed by atoms with Gasteiger partial charge in [-0.05, 0) is 40.1 Å². The Hall–Kier alpha value is -0.650. The third-order valence-electron chi connectivity index (χ3n) is 2.32. The number of carbonyl (C=O) groups is 1. The van der Waals surface area contributed by atoms with Gasteiger partial charge in [-0.1, -0.05) is 13.8 Å². The highest BCUT2D eigenvalue weighted by Gasteiger charge is 2.13. The predicted molar refractivity (Wildman–Crippen MR) is 74.9 cm³/mol. The lowest BCUT2D eigenvalue weighted by atomic mass is 10.1. The van der Waals surface area contributed by atoms with Crippen molar-refractivity contribution in [3.05, 3.63) is 26.9 Å². The van der Waals surface area contributed by atoms with Gasteiger partial charge in [-0.2, -0.15) is 0 Å². The highest BCUT2D eigenvalue weighted by atomic mass is 79.9. The van der Waals surface area contributed by atoms with Crippen molar-refractivity contribution >= 4 is 39.2 Å². The normalized spacial score (nSPS) is 13.2. The van der Waals surface area contributed by atoms with Crippen LogP contribution < -0.4 is 5.32 Å². The summed E-state index contributed by atoms with van der Waals surface area (Å²) >= 11 is 4.92. The molecule has 1 rings (SSSR count). The average Bonchev–Trinajstić information content (AvgIpc) is 2.68. The zero-order valence-electron chi connectivity index (χ0n) is 9.81. The Morgan fingerprint density at radius 3 is 2.76 bits per heavy atom. The third kappa shape index (κ3) is 5.02. The van der Waals surface area contributed by atoms with Gasteiger partial charge >= 0.3 is 0 Å². The first-order chi connectivity index (χ1) is 8.02. The van der Waals surface area contributed by atoms with E-state index < -0.39 is 0 Å². The number of hydrogen-bond donors (Lipinski definition) is 2. The number of carbonyl (C=O) groups excluding carboxylic acids is 1. The van der Waals surface area contributed by atoms with Crippen molar-refractivity contribution in [2.24, 2.45) is 5.92 Å². The number of thiophene rings is 1. The maximum Gasteiger partial charge on any atom is 0.244 e. The van der Waals surface area contributed by atoms with Crippen LogP contribution in [-0.2, 0) is 4.79 Å². The Morgan fingerprint density at radius 2 is 2.29 bits per heavy atom. The van der Waals surface area contributed by atoms with Crippen LogP contribution in [0.3, 0.4) is 0 Å². The molecule has 0 aliphatic carbocycles. The van der Waals surface area contributed by atoms with Crippen LogP contribution in [0.15, 0.2) is 22.0 Å². The molecule has 0 saturated carbocycles. The van der Waals surface area contributed by atoms with E-state index in [4.69, 9.17) is 5.11 Å². The summed E-state index contributed by atoms with van der Waals surface area (Å²) in [7, 11) is 0. The Kier molecular flexibility index (Phi) is 5.88. The molecule has 0 saturated heterocycles. The van der Waals surface area contributed by atoms with Crippen molar-refractivity contribution in [1.29, 1.82) is 0 Å². The van der Waals surface area contributed by atoms with Gasteiger partial charge in [0.05, 0.1) is 16.4 Å². The summed E-state index contributed by atoms with van der Waals surface area (Å²) in [5.74, 6) is 0.0375. The fraction of sp³-hybridized carbons (Fsp3) is 0.417. The van der Waals surface area contributed by atoms with Gasteiger partial charge in [0.15, 0.2) is 0 Å². The smallest absolute Gasteiger partial charge is 0.244 e. The van der Waals surface area contributed by atoms with E-state index in [9.17, 15) is 4.79 Å². The second-order valence-corrected chi connectivity index (χ2v) is 6.51. The second-order valence-electron chi connectivity index (χ2n) is 4.02. The lowest BCUT2D eigenvalue weighted by Gasteiger charge is -2.18. The van der Waals surface area contributed by atoms with Crippen molar-refractivity contribution in [3.63, 3.8) is 0 Å². The molecule has 0 aliphatic rings. The molecule has 0 aromatic carbocycles. The van der Waals surface area contributed by atoms with E-state index in [2.05, 4.69) is 21.2 Å². The maximum absolute atomic E-state index is 11.6. The lowest BCUT2D eigenvalue weighted by Crippen LogP contribution is -2.40. The molecule has 0 unspecified atom stereocenters. The Balaban J connectivity index is 2.52. The number of aliphatic hydroxyl groups excluding tert-OH is 1. The molecular weight excluding hydrogens is 302 g/mol. The van der Waals surface area contributed by atoms with E-state index in [1.54, 1.807) is 17.4 Å². The summed E-state index contributed by atoms with van der Waals surface area (Å²) < 4.78 is 1.04. The van der Waals surface area contributed by atoms with Gasteiger partial charge in [0.1, 0.15) is 0 Å². The molecule has 0 fully saturated rings. The summed E-state index contributed by atoms with van der Waals surface area (Å²) in [5.41, 5.74) is 0. The first-order valence-electron chi connectivity index (χ1n) is 5.37. The summed E-state index contributed by atoms with van der Waals surface area (Å²) in [6, 6.07) is 3.68. The van der Waals surface area contributed by atoms with E-state index in [1.165, 1.54) is 6.08 Å². The quantitative estimate of drug-likeness (QED) is 0.820. The number of halogens is 1. The molecule has 0 spiro atoms. The minimum absolute atomic E-state index is 0.0399. The molecular formula is C12H16BrNO2S.